The number of fused-ring (bicyclic) bond motifs is 1. The van der Waals surface area contributed by atoms with Gasteiger partial charge >= 0.3 is 5.97 Å². The van der Waals surface area contributed by atoms with Crippen LogP contribution in [0.1, 0.15) is 34.1 Å². The molecule has 0 aliphatic heterocycles. The van der Waals surface area contributed by atoms with Gasteiger partial charge in [-0.3, -0.25) is 4.79 Å². The summed E-state index contributed by atoms with van der Waals surface area (Å²) in [4.78, 5) is 29.1. The lowest BCUT2D eigenvalue weighted by molar-refractivity contribution is -0.144. The second-order valence-corrected chi connectivity index (χ2v) is 8.24. The second-order valence-electron chi connectivity index (χ2n) is 7.85. The molecule has 4 rings (SSSR count). The molecule has 2 aromatic heterocycles. The number of methoxy groups -OCH3 is 1. The fourth-order valence-corrected chi connectivity index (χ4v) is 3.98. The van der Waals surface area contributed by atoms with Crippen LogP contribution in [0.2, 0.25) is 5.15 Å². The van der Waals surface area contributed by atoms with Crippen molar-refractivity contribution in [1.29, 1.82) is 0 Å². The average Bonchev–Trinajstić information content (AvgIpc) is 3.09. The third-order valence-corrected chi connectivity index (χ3v) is 5.82. The zero-order valence-corrected chi connectivity index (χ0v) is 19.7. The molecule has 0 aliphatic rings. The number of ketones is 1. The van der Waals surface area contributed by atoms with E-state index in [9.17, 15) is 9.59 Å². The molecular weight excluding hydrogens is 456 g/mol. The van der Waals surface area contributed by atoms with E-state index in [-0.39, 0.29) is 5.78 Å². The van der Waals surface area contributed by atoms with Crippen molar-refractivity contribution >= 4 is 34.4 Å². The molecule has 1 N–H and O–H groups in total. The van der Waals surface area contributed by atoms with Crippen LogP contribution in [-0.4, -0.2) is 39.6 Å². The normalized spacial score (nSPS) is 11.9. The zero-order chi connectivity index (χ0) is 24.4. The first-order chi connectivity index (χ1) is 16.3. The molecule has 0 spiro atoms. The van der Waals surface area contributed by atoms with Crippen molar-refractivity contribution in [3.63, 3.8) is 0 Å². The standard InChI is InChI=1S/C26H23ClN2O5/c1-15-23(25(30)18-7-9-19(33-3)10-8-18)24-21(11-12-22(27)28-24)29(15)14-17-5-4-6-20(13-17)34-16(2)26(31)32/h4-13,16H,14H2,1-3H3,(H,31,32)/t16-/m0/s1. The summed E-state index contributed by atoms with van der Waals surface area (Å²) in [6.07, 6.45) is -0.968. The molecule has 34 heavy (non-hydrogen) atoms. The number of hydrogen-bond donors (Lipinski definition) is 1. The fraction of sp³-hybridized carbons (Fsp3) is 0.192. The van der Waals surface area contributed by atoms with Crippen molar-refractivity contribution in [3.05, 3.63) is 88.2 Å². The van der Waals surface area contributed by atoms with Gasteiger partial charge in [-0.1, -0.05) is 23.7 Å². The molecule has 1 atom stereocenters. The van der Waals surface area contributed by atoms with Gasteiger partial charge in [-0.15, -0.1) is 0 Å². The molecule has 0 bridgehead atoms. The third-order valence-electron chi connectivity index (χ3n) is 5.61. The van der Waals surface area contributed by atoms with E-state index in [1.807, 2.05) is 23.6 Å². The zero-order valence-electron chi connectivity index (χ0n) is 18.9. The minimum absolute atomic E-state index is 0.161. The van der Waals surface area contributed by atoms with Gasteiger partial charge in [-0.05, 0) is 67.9 Å². The van der Waals surface area contributed by atoms with Gasteiger partial charge in [-0.25, -0.2) is 9.78 Å². The van der Waals surface area contributed by atoms with E-state index in [1.54, 1.807) is 55.6 Å². The Morgan fingerprint density at radius 2 is 1.82 bits per heavy atom. The van der Waals surface area contributed by atoms with E-state index < -0.39 is 12.1 Å². The summed E-state index contributed by atoms with van der Waals surface area (Å²) in [6.45, 7) is 3.78. The highest BCUT2D eigenvalue weighted by atomic mass is 35.5. The van der Waals surface area contributed by atoms with Gasteiger partial charge in [0.2, 0.25) is 0 Å². The first-order valence-electron chi connectivity index (χ1n) is 10.6. The highest BCUT2D eigenvalue weighted by molar-refractivity contribution is 6.30. The number of benzene rings is 2. The smallest absolute Gasteiger partial charge is 0.344 e. The van der Waals surface area contributed by atoms with Gasteiger partial charge in [0.25, 0.3) is 0 Å². The van der Waals surface area contributed by atoms with E-state index in [1.165, 1.54) is 6.92 Å². The van der Waals surface area contributed by atoms with Crippen LogP contribution in [0.25, 0.3) is 11.0 Å². The number of hydrogen-bond acceptors (Lipinski definition) is 5. The number of carboxylic acid groups (broad SMARTS) is 1. The quantitative estimate of drug-likeness (QED) is 0.278. The molecule has 0 fully saturated rings. The third kappa shape index (κ3) is 4.61. The average molecular weight is 479 g/mol. The minimum atomic E-state index is -1.04. The largest absolute Gasteiger partial charge is 0.497 e. The van der Waals surface area contributed by atoms with Crippen molar-refractivity contribution < 1.29 is 24.2 Å². The number of rotatable bonds is 8. The van der Waals surface area contributed by atoms with Crippen LogP contribution in [-0.2, 0) is 11.3 Å². The van der Waals surface area contributed by atoms with Crippen LogP contribution in [0.15, 0.2) is 60.7 Å². The van der Waals surface area contributed by atoms with Gasteiger partial charge < -0.3 is 19.1 Å². The number of aromatic nitrogens is 2. The number of carbonyl (C=O) groups excluding carboxylic acids is 1. The van der Waals surface area contributed by atoms with E-state index in [0.717, 1.165) is 16.8 Å². The summed E-state index contributed by atoms with van der Waals surface area (Å²) in [6, 6.07) is 17.7. The molecule has 174 valence electrons. The van der Waals surface area contributed by atoms with Gasteiger partial charge in [0.1, 0.15) is 22.2 Å². The number of carboxylic acids is 1. The first kappa shape index (κ1) is 23.3. The Kier molecular flexibility index (Phi) is 6.56. The molecule has 0 radical (unpaired) electrons. The Labute approximate surface area is 201 Å². The molecule has 2 heterocycles. The van der Waals surface area contributed by atoms with Gasteiger partial charge in [0.05, 0.1) is 18.2 Å². The van der Waals surface area contributed by atoms with Crippen LogP contribution in [0.5, 0.6) is 11.5 Å². The monoisotopic (exact) mass is 478 g/mol. The molecule has 0 aliphatic carbocycles. The molecule has 4 aromatic rings. The van der Waals surface area contributed by atoms with Crippen LogP contribution >= 0.6 is 11.6 Å². The molecule has 0 saturated heterocycles. The highest BCUT2D eigenvalue weighted by Crippen LogP contribution is 2.30. The summed E-state index contributed by atoms with van der Waals surface area (Å²) in [5, 5.41) is 9.41. The molecule has 0 amide bonds. The maximum absolute atomic E-state index is 13.5. The number of halogens is 1. The summed E-state index contributed by atoms with van der Waals surface area (Å²) < 4.78 is 12.7. The lowest BCUT2D eigenvalue weighted by atomic mass is 10.0. The van der Waals surface area contributed by atoms with E-state index in [2.05, 4.69) is 4.98 Å². The molecule has 0 saturated carbocycles. The van der Waals surface area contributed by atoms with E-state index in [4.69, 9.17) is 26.2 Å². The number of ether oxygens (including phenoxy) is 2. The summed E-state index contributed by atoms with van der Waals surface area (Å²) >= 11 is 6.18. The van der Waals surface area contributed by atoms with Crippen molar-refractivity contribution in [1.82, 2.24) is 9.55 Å². The lowest BCUT2D eigenvalue weighted by Gasteiger charge is -2.13. The van der Waals surface area contributed by atoms with Crippen LogP contribution < -0.4 is 9.47 Å². The second kappa shape index (κ2) is 9.57. The van der Waals surface area contributed by atoms with Crippen molar-refractivity contribution in [2.24, 2.45) is 0 Å². The first-order valence-corrected chi connectivity index (χ1v) is 11.0. The predicted molar refractivity (Wildman–Crippen MR) is 129 cm³/mol. The molecular formula is C26H23ClN2O5. The Bertz CT molecular complexity index is 1380. The van der Waals surface area contributed by atoms with Gasteiger partial charge in [-0.2, -0.15) is 0 Å². The number of pyridine rings is 1. The highest BCUT2D eigenvalue weighted by Gasteiger charge is 2.23. The van der Waals surface area contributed by atoms with Crippen LogP contribution in [0.4, 0.5) is 0 Å². The maximum Gasteiger partial charge on any atom is 0.344 e. The summed E-state index contributed by atoms with van der Waals surface area (Å²) in [7, 11) is 1.57. The van der Waals surface area contributed by atoms with Crippen molar-refractivity contribution in [3.8, 4) is 11.5 Å². The Morgan fingerprint density at radius 3 is 2.50 bits per heavy atom. The lowest BCUT2D eigenvalue weighted by Crippen LogP contribution is -2.22. The Balaban J connectivity index is 1.75. The van der Waals surface area contributed by atoms with E-state index >= 15 is 0 Å². The van der Waals surface area contributed by atoms with Crippen LogP contribution in [0.3, 0.4) is 0 Å². The Hall–Kier alpha value is -3.84. The van der Waals surface area contributed by atoms with Crippen molar-refractivity contribution in [2.45, 2.75) is 26.5 Å². The summed E-state index contributed by atoms with van der Waals surface area (Å²) in [5.41, 5.74) is 3.92. The summed E-state index contributed by atoms with van der Waals surface area (Å²) in [5.74, 6) is -0.0817. The Morgan fingerprint density at radius 1 is 1.09 bits per heavy atom. The number of nitrogens with zero attached hydrogens (tertiary/aromatic N) is 2. The SMILES string of the molecule is COc1ccc(C(=O)c2c(C)n(Cc3cccc(O[C@@H](C)C(=O)O)c3)c3ccc(Cl)nc23)cc1. The topological polar surface area (TPSA) is 90.7 Å². The van der Waals surface area contributed by atoms with Gasteiger partial charge in [0.15, 0.2) is 11.9 Å². The molecule has 2 aromatic carbocycles. The van der Waals surface area contributed by atoms with Crippen LogP contribution in [0, 0.1) is 6.92 Å². The van der Waals surface area contributed by atoms with Gasteiger partial charge in [0, 0.05) is 17.8 Å². The molecule has 7 nitrogen and oxygen atoms in total. The molecule has 0 unspecified atom stereocenters. The number of carbonyl (C=O) groups is 2. The minimum Gasteiger partial charge on any atom is -0.497 e. The van der Waals surface area contributed by atoms with E-state index in [0.29, 0.717) is 39.8 Å². The molecule has 8 heteroatoms. The fourth-order valence-electron chi connectivity index (χ4n) is 3.83. The van der Waals surface area contributed by atoms with Crippen molar-refractivity contribution in [2.75, 3.05) is 7.11 Å². The maximum atomic E-state index is 13.5. The number of aliphatic carboxylic acids is 1. The predicted octanol–water partition coefficient (Wildman–Crippen LogP) is 5.14.